The second-order valence-electron chi connectivity index (χ2n) is 8.92. The van der Waals surface area contributed by atoms with Crippen LogP contribution in [0.15, 0.2) is 72.8 Å². The van der Waals surface area contributed by atoms with Gasteiger partial charge in [0.1, 0.15) is 0 Å². The molecule has 0 N–H and O–H groups in total. The molecule has 174 valence electrons. The molecular weight excluding hydrogens is 648 g/mol. The van der Waals surface area contributed by atoms with Crippen molar-refractivity contribution in [3.05, 3.63) is 72.8 Å². The second kappa shape index (κ2) is 7.87. The van der Waals surface area contributed by atoms with Gasteiger partial charge in [-0.15, -0.1) is 0 Å². The maximum absolute atomic E-state index is 4.71. The van der Waals surface area contributed by atoms with E-state index in [-0.39, 0.29) is 0 Å². The van der Waals surface area contributed by atoms with E-state index < -0.39 is 20.4 Å². The summed E-state index contributed by atoms with van der Waals surface area (Å²) < 4.78 is 24.5. The number of hydrogen-bond donors (Lipinski definition) is 0. The molecule has 4 aromatic carbocycles. The van der Waals surface area contributed by atoms with E-state index >= 15 is 0 Å². The Morgan fingerprint density at radius 1 is 0.541 bits per heavy atom. The molecular formula is C28H12N4S4Te. The fraction of sp³-hybridized carbons (Fsp3) is 0. The van der Waals surface area contributed by atoms with Crippen molar-refractivity contribution < 1.29 is 0 Å². The van der Waals surface area contributed by atoms with Gasteiger partial charge in [0.2, 0.25) is 0 Å². The third kappa shape index (κ3) is 3.04. The molecule has 0 fully saturated rings. The Kier molecular flexibility index (Phi) is 4.51. The van der Waals surface area contributed by atoms with Crippen LogP contribution in [0.2, 0.25) is 0 Å². The van der Waals surface area contributed by atoms with Gasteiger partial charge in [-0.25, -0.2) is 0 Å². The second-order valence-corrected chi connectivity index (χ2v) is 15.2. The van der Waals surface area contributed by atoms with Crippen LogP contribution in [0.5, 0.6) is 0 Å². The van der Waals surface area contributed by atoms with Crippen molar-refractivity contribution in [2.24, 2.45) is 0 Å². The number of benzene rings is 4. The van der Waals surface area contributed by atoms with E-state index in [1.54, 1.807) is 6.80 Å². The van der Waals surface area contributed by atoms with Gasteiger partial charge in [0.15, 0.2) is 0 Å². The molecule has 5 heterocycles. The van der Waals surface area contributed by atoms with E-state index in [2.05, 4.69) is 81.5 Å². The van der Waals surface area contributed by atoms with Gasteiger partial charge in [-0.3, -0.25) is 0 Å². The minimum atomic E-state index is -0.457. The molecule has 0 atom stereocenters. The number of thiophene rings is 2. The Morgan fingerprint density at radius 2 is 1.03 bits per heavy atom. The molecule has 4 nitrogen and oxygen atoms in total. The fourth-order valence-corrected chi connectivity index (χ4v) is 13.7. The van der Waals surface area contributed by atoms with Crippen LogP contribution in [0.3, 0.4) is 0 Å². The van der Waals surface area contributed by atoms with Gasteiger partial charge in [0.25, 0.3) is 0 Å². The summed E-state index contributed by atoms with van der Waals surface area (Å²) in [6.45, 7) is 0. The molecule has 0 saturated carbocycles. The Morgan fingerprint density at radius 3 is 1.54 bits per heavy atom. The SMILES string of the molecule is c1ccc2c(-c3cc4[te]c5cc(-c6c7ccccc7cc7nsnc67)sc5c4s3)c3nsnc3cc2c1. The van der Waals surface area contributed by atoms with Crippen molar-refractivity contribution in [3.8, 4) is 20.9 Å². The molecule has 0 radical (unpaired) electrons. The van der Waals surface area contributed by atoms with Crippen LogP contribution >= 0.6 is 46.1 Å². The Bertz CT molecular complexity index is 2170. The molecule has 0 amide bonds. The van der Waals surface area contributed by atoms with Crippen LogP contribution < -0.4 is 0 Å². The van der Waals surface area contributed by atoms with E-state index in [0.29, 0.717) is 0 Å². The standard InChI is InChI=1S/C28H12N4S4Te/c1-3-7-15-13(5-1)9-17-25(31-35-29-17)23(15)19-11-21-27(33-19)28-22(37-21)12-20(34-28)24-16-8-4-2-6-14(16)10-18-26(24)32-36-30-18/h1-12H. The molecule has 9 rings (SSSR count). The quantitative estimate of drug-likeness (QED) is 0.174. The predicted molar refractivity (Wildman–Crippen MR) is 162 cm³/mol. The van der Waals surface area contributed by atoms with Crippen molar-refractivity contribution in [2.75, 3.05) is 0 Å². The zero-order chi connectivity index (χ0) is 24.1. The summed E-state index contributed by atoms with van der Waals surface area (Å²) in [4.78, 5) is 2.61. The van der Waals surface area contributed by atoms with Gasteiger partial charge in [0, 0.05) is 0 Å². The summed E-state index contributed by atoms with van der Waals surface area (Å²) in [6, 6.07) is 26.4. The first kappa shape index (κ1) is 21.2. The van der Waals surface area contributed by atoms with Crippen LogP contribution in [0.1, 0.15) is 0 Å². The molecule has 9 heteroatoms. The van der Waals surface area contributed by atoms with Crippen molar-refractivity contribution in [2.45, 2.75) is 0 Å². The minimum absolute atomic E-state index is 0.457. The molecule has 37 heavy (non-hydrogen) atoms. The molecule has 0 unspecified atom stereocenters. The molecule has 0 aliphatic carbocycles. The van der Waals surface area contributed by atoms with Crippen molar-refractivity contribution >= 4 is 126 Å². The zero-order valence-corrected chi connectivity index (χ0v) is 24.4. The average molecular weight is 660 g/mol. The summed E-state index contributed by atoms with van der Waals surface area (Å²) >= 11 is 5.99. The van der Waals surface area contributed by atoms with Gasteiger partial charge in [-0.05, 0) is 0 Å². The van der Waals surface area contributed by atoms with Crippen molar-refractivity contribution in [1.82, 2.24) is 17.5 Å². The molecule has 9 aromatic rings. The summed E-state index contributed by atoms with van der Waals surface area (Å²) in [5.74, 6) is 0. The van der Waals surface area contributed by atoms with Crippen LogP contribution in [0.4, 0.5) is 0 Å². The summed E-state index contributed by atoms with van der Waals surface area (Å²) in [5, 5.41) is 4.95. The maximum atomic E-state index is 4.71. The molecule has 0 aliphatic heterocycles. The fourth-order valence-electron chi connectivity index (χ4n) is 5.26. The Hall–Kier alpha value is -2.77. The van der Waals surface area contributed by atoms with Gasteiger partial charge in [-0.2, -0.15) is 0 Å². The Balaban J connectivity index is 1.30. The monoisotopic (exact) mass is 662 g/mol. The van der Waals surface area contributed by atoms with Gasteiger partial charge < -0.3 is 0 Å². The molecule has 0 spiro atoms. The molecule has 0 bridgehead atoms. The number of rotatable bonds is 2. The molecule has 5 aromatic heterocycles. The number of fused-ring (bicyclic) bond motifs is 7. The topological polar surface area (TPSA) is 51.6 Å². The molecule has 0 saturated heterocycles. The van der Waals surface area contributed by atoms with Crippen molar-refractivity contribution in [3.63, 3.8) is 0 Å². The number of hydrogen-bond acceptors (Lipinski definition) is 8. The van der Waals surface area contributed by atoms with E-state index in [9.17, 15) is 0 Å². The first-order chi connectivity index (χ1) is 18.3. The first-order valence-electron chi connectivity index (χ1n) is 11.6. The summed E-state index contributed by atoms with van der Waals surface area (Å²) in [5.41, 5.74) is 6.48. The average Bonchev–Trinajstić information content (AvgIpc) is 3.73. The zero-order valence-electron chi connectivity index (χ0n) is 18.8. The molecule has 0 aliphatic rings. The van der Waals surface area contributed by atoms with E-state index in [1.165, 1.54) is 75.3 Å². The van der Waals surface area contributed by atoms with Crippen LogP contribution in [0.25, 0.3) is 80.7 Å². The third-order valence-corrected chi connectivity index (χ3v) is 14.3. The summed E-state index contributed by atoms with van der Waals surface area (Å²) in [6.07, 6.45) is 0. The first-order valence-corrected chi connectivity index (χ1v) is 17.0. The Labute approximate surface area is 235 Å². The number of aromatic nitrogens is 4. The van der Waals surface area contributed by atoms with E-state index in [4.69, 9.17) is 8.75 Å². The third-order valence-electron chi connectivity index (χ3n) is 6.86. The predicted octanol–water partition coefficient (Wildman–Crippen LogP) is 8.82. The summed E-state index contributed by atoms with van der Waals surface area (Å²) in [7, 11) is 0. The van der Waals surface area contributed by atoms with Gasteiger partial charge in [0.05, 0.1) is 0 Å². The van der Waals surface area contributed by atoms with Crippen LogP contribution in [-0.2, 0) is 0 Å². The van der Waals surface area contributed by atoms with Crippen LogP contribution in [0, 0.1) is 0 Å². The van der Waals surface area contributed by atoms with Crippen molar-refractivity contribution in [1.29, 1.82) is 0 Å². The normalized spacial score (nSPS) is 12.3. The number of nitrogens with zero attached hydrogens (tertiary/aromatic N) is 4. The van der Waals surface area contributed by atoms with Gasteiger partial charge in [-0.1, -0.05) is 0 Å². The van der Waals surface area contributed by atoms with Gasteiger partial charge >= 0.3 is 238 Å². The van der Waals surface area contributed by atoms with E-state index in [0.717, 1.165) is 22.1 Å². The van der Waals surface area contributed by atoms with E-state index in [1.807, 2.05) is 22.7 Å². The van der Waals surface area contributed by atoms with Crippen LogP contribution in [-0.4, -0.2) is 37.9 Å².